The minimum atomic E-state index is -0.0518. The van der Waals surface area contributed by atoms with Crippen LogP contribution in [-0.2, 0) is 11.2 Å². The van der Waals surface area contributed by atoms with Gasteiger partial charge in [0.15, 0.2) is 0 Å². The van der Waals surface area contributed by atoms with Gasteiger partial charge in [0.05, 0.1) is 24.4 Å². The van der Waals surface area contributed by atoms with Crippen molar-refractivity contribution in [1.29, 1.82) is 0 Å². The third-order valence-electron chi connectivity index (χ3n) is 6.75. The fourth-order valence-electron chi connectivity index (χ4n) is 4.84. The number of aromatic nitrogens is 2. The molecule has 3 atom stereocenters. The van der Waals surface area contributed by atoms with E-state index in [0.717, 1.165) is 60.4 Å². The highest BCUT2D eigenvalue weighted by Crippen LogP contribution is 2.33. The van der Waals surface area contributed by atoms with Crippen LogP contribution in [0.1, 0.15) is 51.1 Å². The van der Waals surface area contributed by atoms with Gasteiger partial charge >= 0.3 is 6.03 Å². The Bertz CT molecular complexity index is 1080. The number of aryl methyl sites for hydroxylation is 1. The highest BCUT2D eigenvalue weighted by molar-refractivity contribution is 8.00. The van der Waals surface area contributed by atoms with E-state index in [9.17, 15) is 9.59 Å². The molecule has 7 N–H and O–H groups in total. The molecule has 0 saturated carbocycles. The summed E-state index contributed by atoms with van der Waals surface area (Å²) in [6, 6.07) is 8.16. The zero-order valence-electron chi connectivity index (χ0n) is 21.3. The lowest BCUT2D eigenvalue weighted by Crippen LogP contribution is -2.36. The molecule has 2 fully saturated rings. The molecular weight excluding hydrogens is 490 g/mol. The highest BCUT2D eigenvalue weighted by Gasteiger charge is 2.42. The highest BCUT2D eigenvalue weighted by atomic mass is 32.2. The first-order valence-electron chi connectivity index (χ1n) is 13.0. The molecule has 37 heavy (non-hydrogen) atoms. The number of carbonyl (C=O) groups excluding carboxylic acids is 2. The van der Waals surface area contributed by atoms with Crippen molar-refractivity contribution in [2.24, 2.45) is 0 Å². The first-order chi connectivity index (χ1) is 17.9. The number of urea groups is 1. The van der Waals surface area contributed by atoms with Gasteiger partial charge in [-0.05, 0) is 49.8 Å². The summed E-state index contributed by atoms with van der Waals surface area (Å²) in [5.74, 6) is 2.41. The van der Waals surface area contributed by atoms with Gasteiger partial charge in [-0.1, -0.05) is 25.5 Å². The number of nitrogen functional groups attached to an aromatic ring is 2. The van der Waals surface area contributed by atoms with Crippen molar-refractivity contribution in [3.8, 4) is 16.9 Å². The second kappa shape index (κ2) is 12.8. The van der Waals surface area contributed by atoms with Crippen LogP contribution in [0.25, 0.3) is 11.1 Å². The summed E-state index contributed by atoms with van der Waals surface area (Å²) in [7, 11) is 0. The minimum absolute atomic E-state index is 0.0518. The molecule has 3 amide bonds. The van der Waals surface area contributed by atoms with Crippen LogP contribution < -0.4 is 32.2 Å². The van der Waals surface area contributed by atoms with Crippen molar-refractivity contribution in [3.05, 3.63) is 30.0 Å². The second-order valence-electron chi connectivity index (χ2n) is 9.44. The fourth-order valence-corrected chi connectivity index (χ4v) is 6.39. The van der Waals surface area contributed by atoms with Gasteiger partial charge in [0.1, 0.15) is 11.6 Å². The van der Waals surface area contributed by atoms with E-state index < -0.39 is 0 Å². The second-order valence-corrected chi connectivity index (χ2v) is 10.7. The molecule has 2 aromatic rings. The van der Waals surface area contributed by atoms with Crippen molar-refractivity contribution < 1.29 is 14.3 Å². The Hall–Kier alpha value is -3.21. The number of fused-ring (bicyclic) bond motifs is 1. The van der Waals surface area contributed by atoms with Crippen molar-refractivity contribution in [1.82, 2.24) is 25.9 Å². The summed E-state index contributed by atoms with van der Waals surface area (Å²) >= 11 is 1.91. The van der Waals surface area contributed by atoms with E-state index >= 15 is 0 Å². The van der Waals surface area contributed by atoms with Crippen molar-refractivity contribution in [2.45, 2.75) is 69.2 Å². The molecule has 3 heterocycles. The lowest BCUT2D eigenvalue weighted by Gasteiger charge is -2.16. The van der Waals surface area contributed by atoms with Gasteiger partial charge in [-0.25, -0.2) is 9.78 Å². The number of nitrogens with zero attached hydrogens (tertiary/aromatic N) is 2. The Morgan fingerprint density at radius 1 is 1.14 bits per heavy atom. The van der Waals surface area contributed by atoms with Gasteiger partial charge in [-0.2, -0.15) is 16.7 Å². The monoisotopic (exact) mass is 527 g/mol. The average molecular weight is 528 g/mol. The van der Waals surface area contributed by atoms with Crippen LogP contribution in [0.4, 0.5) is 16.6 Å². The van der Waals surface area contributed by atoms with Crippen LogP contribution in [0.15, 0.2) is 24.3 Å². The van der Waals surface area contributed by atoms with Gasteiger partial charge in [-0.15, -0.1) is 0 Å². The maximum atomic E-state index is 12.1. The van der Waals surface area contributed by atoms with Crippen LogP contribution in [-0.4, -0.2) is 58.1 Å². The maximum Gasteiger partial charge on any atom is 0.315 e. The van der Waals surface area contributed by atoms with Gasteiger partial charge in [-0.3, -0.25) is 4.79 Å². The van der Waals surface area contributed by atoms with E-state index in [1.807, 2.05) is 43.0 Å². The van der Waals surface area contributed by atoms with Crippen LogP contribution >= 0.6 is 11.8 Å². The molecule has 1 aromatic carbocycles. The third-order valence-corrected chi connectivity index (χ3v) is 8.26. The van der Waals surface area contributed by atoms with Gasteiger partial charge in [0.25, 0.3) is 0 Å². The smallest absolute Gasteiger partial charge is 0.315 e. The lowest BCUT2D eigenvalue weighted by atomic mass is 10.0. The standard InChI is InChI=1S/C26H37N7O3S/c1-2-18-22(24(27)33-25(28)30-18)16-9-11-17(12-10-16)36-14-6-5-13-29-21(34)8-4-3-7-20-23-19(15-37-20)31-26(35)32-23/h9-12,19-20,23H,2-8,13-15H2,1H3,(H,29,34)(H2,31,32,35)(H4,27,28,30,33)/t19-,20-,23+/m1/s1. The quantitative estimate of drug-likeness (QED) is 0.197. The molecule has 0 unspecified atom stereocenters. The zero-order valence-corrected chi connectivity index (χ0v) is 22.1. The normalized spacial score (nSPS) is 20.2. The third kappa shape index (κ3) is 7.18. The van der Waals surface area contributed by atoms with Crippen LogP contribution in [0.3, 0.4) is 0 Å². The number of anilines is 2. The molecule has 11 heteroatoms. The summed E-state index contributed by atoms with van der Waals surface area (Å²) in [6.07, 6.45) is 5.85. The summed E-state index contributed by atoms with van der Waals surface area (Å²) in [6.45, 7) is 3.23. The van der Waals surface area contributed by atoms with E-state index in [1.54, 1.807) is 0 Å². The van der Waals surface area contributed by atoms with Crippen LogP contribution in [0.5, 0.6) is 5.75 Å². The van der Waals surface area contributed by atoms with E-state index in [0.29, 0.717) is 37.1 Å². The molecule has 2 aliphatic rings. The van der Waals surface area contributed by atoms with E-state index in [2.05, 4.69) is 25.9 Å². The molecule has 0 radical (unpaired) electrons. The molecule has 200 valence electrons. The molecule has 0 aliphatic carbocycles. The number of rotatable bonds is 13. The molecule has 2 saturated heterocycles. The number of hydrogen-bond donors (Lipinski definition) is 5. The molecule has 2 aliphatic heterocycles. The Morgan fingerprint density at radius 2 is 1.95 bits per heavy atom. The van der Waals surface area contributed by atoms with Gasteiger partial charge in [0, 0.05) is 29.5 Å². The number of nitrogens with one attached hydrogen (secondary N) is 3. The lowest BCUT2D eigenvalue weighted by molar-refractivity contribution is -0.121. The molecule has 0 bridgehead atoms. The molecule has 0 spiro atoms. The minimum Gasteiger partial charge on any atom is -0.494 e. The summed E-state index contributed by atoms with van der Waals surface area (Å²) in [5, 5.41) is 9.42. The van der Waals surface area contributed by atoms with Crippen molar-refractivity contribution in [3.63, 3.8) is 0 Å². The van der Waals surface area contributed by atoms with Crippen LogP contribution in [0, 0.1) is 0 Å². The predicted octanol–water partition coefficient (Wildman–Crippen LogP) is 2.87. The van der Waals surface area contributed by atoms with Gasteiger partial charge < -0.3 is 32.2 Å². The number of amides is 3. The Balaban J connectivity index is 1.07. The molecule has 1 aromatic heterocycles. The average Bonchev–Trinajstić information content (AvgIpc) is 3.43. The summed E-state index contributed by atoms with van der Waals surface area (Å²) in [5.41, 5.74) is 14.4. The number of carbonyl (C=O) groups is 2. The SMILES string of the molecule is CCc1nc(N)nc(N)c1-c1ccc(OCCCCNC(=O)CCCC[C@H]2SC[C@H]3NC(=O)N[C@@H]32)cc1. The molecule has 10 nitrogen and oxygen atoms in total. The predicted molar refractivity (Wildman–Crippen MR) is 147 cm³/mol. The maximum absolute atomic E-state index is 12.1. The van der Waals surface area contributed by atoms with Gasteiger partial charge in [0.2, 0.25) is 11.9 Å². The number of thioether (sulfide) groups is 1. The Morgan fingerprint density at radius 3 is 2.73 bits per heavy atom. The summed E-state index contributed by atoms with van der Waals surface area (Å²) < 4.78 is 5.85. The zero-order chi connectivity index (χ0) is 26.2. The first-order valence-corrected chi connectivity index (χ1v) is 14.1. The number of hydrogen-bond acceptors (Lipinski definition) is 8. The fraction of sp³-hybridized carbons (Fsp3) is 0.538. The van der Waals surface area contributed by atoms with E-state index in [-0.39, 0.29) is 30.0 Å². The molecular formula is C26H37N7O3S. The topological polar surface area (TPSA) is 157 Å². The number of ether oxygens (including phenoxy) is 1. The molecule has 4 rings (SSSR count). The summed E-state index contributed by atoms with van der Waals surface area (Å²) in [4.78, 5) is 32.0. The number of nitrogens with two attached hydrogens (primary N) is 2. The van der Waals surface area contributed by atoms with E-state index in [1.165, 1.54) is 0 Å². The number of benzene rings is 1. The van der Waals surface area contributed by atoms with Crippen molar-refractivity contribution in [2.75, 3.05) is 30.4 Å². The Labute approximate surface area is 222 Å². The van der Waals surface area contributed by atoms with Crippen molar-refractivity contribution >= 4 is 35.5 Å². The van der Waals surface area contributed by atoms with Crippen LogP contribution in [0.2, 0.25) is 0 Å². The van der Waals surface area contributed by atoms with E-state index in [4.69, 9.17) is 16.2 Å². The first kappa shape index (κ1) is 26.8. The number of unbranched alkanes of at least 4 members (excludes halogenated alkanes) is 2. The Kier molecular flexibility index (Phi) is 9.32. The largest absolute Gasteiger partial charge is 0.494 e.